The van der Waals surface area contributed by atoms with Gasteiger partial charge in [0, 0.05) is 35.7 Å². The van der Waals surface area contributed by atoms with Crippen LogP contribution in [0.5, 0.6) is 0 Å². The third-order valence-corrected chi connectivity index (χ3v) is 6.21. The molecule has 0 bridgehead atoms. The van der Waals surface area contributed by atoms with E-state index in [1.807, 2.05) is 24.3 Å². The Hall–Kier alpha value is -4.11. The van der Waals surface area contributed by atoms with Crippen LogP contribution < -0.4 is 27.4 Å². The minimum atomic E-state index is -1.50. The van der Waals surface area contributed by atoms with Gasteiger partial charge in [-0.05, 0) is 30.9 Å². The summed E-state index contributed by atoms with van der Waals surface area (Å²) in [6.07, 6.45) is 0.380. The van der Waals surface area contributed by atoms with Crippen LogP contribution in [0.1, 0.15) is 31.2 Å². The average Bonchev–Trinajstić information content (AvgIpc) is 3.29. The summed E-state index contributed by atoms with van der Waals surface area (Å²) in [6, 6.07) is 2.24. The molecule has 4 atom stereocenters. The van der Waals surface area contributed by atoms with Gasteiger partial charge in [0.1, 0.15) is 18.1 Å². The predicted molar refractivity (Wildman–Crippen MR) is 143 cm³/mol. The number of H-pyrrole nitrogens is 1. The van der Waals surface area contributed by atoms with Crippen molar-refractivity contribution in [1.29, 1.82) is 0 Å². The van der Waals surface area contributed by atoms with Crippen LogP contribution in [-0.2, 0) is 35.2 Å². The second-order valence-electron chi connectivity index (χ2n) is 8.81. The van der Waals surface area contributed by atoms with Crippen molar-refractivity contribution in [3.05, 3.63) is 36.0 Å². The molecule has 2 rings (SSSR count). The highest BCUT2D eigenvalue weighted by atomic mass is 32.1. The number of aromatic amines is 1. The third kappa shape index (κ3) is 9.61. The van der Waals surface area contributed by atoms with Crippen molar-refractivity contribution in [2.45, 2.75) is 56.3 Å². The zero-order valence-electron chi connectivity index (χ0n) is 20.9. The van der Waals surface area contributed by atoms with E-state index in [-0.39, 0.29) is 31.4 Å². The summed E-state index contributed by atoms with van der Waals surface area (Å²) in [5, 5.41) is 26.2. The van der Waals surface area contributed by atoms with Crippen LogP contribution in [0.25, 0.3) is 10.9 Å². The number of fused-ring (bicyclic) bond motifs is 1. The molecule has 212 valence electrons. The number of primary amides is 1. The van der Waals surface area contributed by atoms with Crippen LogP contribution in [0.15, 0.2) is 30.5 Å². The molecule has 4 amide bonds. The third-order valence-electron chi connectivity index (χ3n) is 5.84. The quantitative estimate of drug-likeness (QED) is 0.109. The van der Waals surface area contributed by atoms with E-state index < -0.39 is 66.2 Å². The molecule has 15 heteroatoms. The predicted octanol–water partition coefficient (Wildman–Crippen LogP) is -1.36. The smallest absolute Gasteiger partial charge is 0.326 e. The van der Waals surface area contributed by atoms with Crippen molar-refractivity contribution < 1.29 is 39.0 Å². The van der Waals surface area contributed by atoms with Crippen molar-refractivity contribution in [2.24, 2.45) is 11.5 Å². The summed E-state index contributed by atoms with van der Waals surface area (Å²) in [5.41, 5.74) is 12.8. The Kier molecular flexibility index (Phi) is 11.7. The summed E-state index contributed by atoms with van der Waals surface area (Å²) < 4.78 is 0. The topological polar surface area (TPSA) is 247 Å². The first-order chi connectivity index (χ1) is 18.4. The Bertz CT molecular complexity index is 1220. The second kappa shape index (κ2) is 14.7. The van der Waals surface area contributed by atoms with E-state index in [0.29, 0.717) is 0 Å². The monoisotopic (exact) mass is 564 g/mol. The average molecular weight is 565 g/mol. The fourth-order valence-corrected chi connectivity index (χ4v) is 3.99. The van der Waals surface area contributed by atoms with Gasteiger partial charge in [-0.25, -0.2) is 4.79 Å². The lowest BCUT2D eigenvalue weighted by molar-refractivity contribution is -0.143. The molecule has 0 spiro atoms. The Balaban J connectivity index is 2.06. The maximum Gasteiger partial charge on any atom is 0.326 e. The normalized spacial score (nSPS) is 14.0. The van der Waals surface area contributed by atoms with Gasteiger partial charge in [-0.2, -0.15) is 12.6 Å². The molecule has 1 aromatic heterocycles. The lowest BCUT2D eigenvalue weighted by Gasteiger charge is -2.24. The summed E-state index contributed by atoms with van der Waals surface area (Å²) in [4.78, 5) is 75.0. The molecule has 4 unspecified atom stereocenters. The Morgan fingerprint density at radius 2 is 1.46 bits per heavy atom. The van der Waals surface area contributed by atoms with Gasteiger partial charge in [-0.3, -0.25) is 24.0 Å². The van der Waals surface area contributed by atoms with E-state index in [1.165, 1.54) is 0 Å². The van der Waals surface area contributed by atoms with Crippen molar-refractivity contribution in [2.75, 3.05) is 5.75 Å². The molecule has 2 aromatic rings. The van der Waals surface area contributed by atoms with E-state index in [9.17, 15) is 33.9 Å². The lowest BCUT2D eigenvalue weighted by Crippen LogP contribution is -2.57. The molecule has 0 fully saturated rings. The molecule has 0 saturated carbocycles. The Morgan fingerprint density at radius 1 is 0.872 bits per heavy atom. The van der Waals surface area contributed by atoms with Gasteiger partial charge < -0.3 is 42.6 Å². The van der Waals surface area contributed by atoms with Crippen LogP contribution in [0.3, 0.4) is 0 Å². The highest BCUT2D eigenvalue weighted by Crippen LogP contribution is 2.18. The molecular weight excluding hydrogens is 532 g/mol. The molecule has 1 heterocycles. The molecule has 0 aliphatic carbocycles. The zero-order valence-corrected chi connectivity index (χ0v) is 21.8. The number of thiol groups is 1. The summed E-state index contributed by atoms with van der Waals surface area (Å²) >= 11 is 4.09. The van der Waals surface area contributed by atoms with E-state index in [2.05, 4.69) is 33.6 Å². The van der Waals surface area contributed by atoms with E-state index in [1.54, 1.807) is 6.20 Å². The summed E-state index contributed by atoms with van der Waals surface area (Å²) in [6.45, 7) is 0. The first-order valence-electron chi connectivity index (χ1n) is 12.0. The van der Waals surface area contributed by atoms with Gasteiger partial charge in [0.05, 0.1) is 6.04 Å². The Labute approximate surface area is 228 Å². The molecule has 14 nitrogen and oxygen atoms in total. The summed E-state index contributed by atoms with van der Waals surface area (Å²) in [7, 11) is 0. The molecule has 10 N–H and O–H groups in total. The number of hydrogen-bond acceptors (Lipinski definition) is 8. The first-order valence-corrected chi connectivity index (χ1v) is 12.6. The number of rotatable bonds is 16. The van der Waals surface area contributed by atoms with Gasteiger partial charge in [0.25, 0.3) is 0 Å². The second-order valence-corrected chi connectivity index (χ2v) is 9.18. The molecule has 0 aliphatic rings. The van der Waals surface area contributed by atoms with Gasteiger partial charge in [0.15, 0.2) is 0 Å². The van der Waals surface area contributed by atoms with Crippen LogP contribution in [0, 0.1) is 0 Å². The minimum absolute atomic E-state index is 0.169. The molecular formula is C24H32N6O8S. The van der Waals surface area contributed by atoms with E-state index in [0.717, 1.165) is 16.5 Å². The summed E-state index contributed by atoms with van der Waals surface area (Å²) in [5.74, 6) is -6.15. The number of carbonyl (C=O) groups excluding carboxylic acids is 4. The number of hydrogen-bond donors (Lipinski definition) is 9. The van der Waals surface area contributed by atoms with Crippen molar-refractivity contribution >= 4 is 59.1 Å². The zero-order chi connectivity index (χ0) is 29.1. The van der Waals surface area contributed by atoms with Gasteiger partial charge in [-0.15, -0.1) is 0 Å². The molecule has 1 aromatic carbocycles. The van der Waals surface area contributed by atoms with E-state index >= 15 is 0 Å². The minimum Gasteiger partial charge on any atom is -0.481 e. The highest BCUT2D eigenvalue weighted by molar-refractivity contribution is 7.80. The van der Waals surface area contributed by atoms with Crippen LogP contribution >= 0.6 is 12.6 Å². The molecule has 39 heavy (non-hydrogen) atoms. The lowest BCUT2D eigenvalue weighted by atomic mass is 10.0. The molecule has 0 radical (unpaired) electrons. The fraction of sp³-hybridized carbons (Fsp3) is 0.417. The number of carbonyl (C=O) groups is 6. The van der Waals surface area contributed by atoms with Crippen molar-refractivity contribution in [1.82, 2.24) is 20.9 Å². The number of amides is 4. The van der Waals surface area contributed by atoms with E-state index in [4.69, 9.17) is 16.6 Å². The van der Waals surface area contributed by atoms with Crippen LogP contribution in [0.4, 0.5) is 0 Å². The first kappa shape index (κ1) is 31.1. The van der Waals surface area contributed by atoms with Crippen LogP contribution in [0.2, 0.25) is 0 Å². The van der Waals surface area contributed by atoms with Gasteiger partial charge in [-0.1, -0.05) is 18.2 Å². The number of nitrogens with two attached hydrogens (primary N) is 2. The van der Waals surface area contributed by atoms with Crippen molar-refractivity contribution in [3.8, 4) is 0 Å². The maximum absolute atomic E-state index is 12.9. The van der Waals surface area contributed by atoms with Crippen LogP contribution in [-0.4, -0.2) is 80.7 Å². The maximum atomic E-state index is 12.9. The van der Waals surface area contributed by atoms with Gasteiger partial charge in [0.2, 0.25) is 23.6 Å². The fourth-order valence-electron chi connectivity index (χ4n) is 3.73. The number of benzene rings is 1. The number of carboxylic acid groups (broad SMARTS) is 2. The number of carboxylic acids is 2. The number of aromatic nitrogens is 1. The largest absolute Gasteiger partial charge is 0.481 e. The SMILES string of the molecule is NC(=O)CCC(NC(=O)C(CCC(=O)O)NC(=O)C(CS)NC(=O)C(N)Cc1c[nH]c2ccccc12)C(=O)O. The highest BCUT2D eigenvalue weighted by Gasteiger charge is 2.30. The van der Waals surface area contributed by atoms with Gasteiger partial charge >= 0.3 is 11.9 Å². The molecule has 0 aliphatic heterocycles. The standard InChI is InChI=1S/C24H32N6O8S/c25-14(9-12-10-27-15-4-2-1-3-13(12)15)21(34)30-18(11-39)23(36)28-16(6-8-20(32)33)22(35)29-17(24(37)38)5-7-19(26)31/h1-4,10,14,16-18,27,39H,5-9,11,25H2,(H2,26,31)(H,28,36)(H,29,35)(H,30,34)(H,32,33)(H,37,38). The number of para-hydroxylation sites is 1. The molecule has 0 saturated heterocycles. The Morgan fingerprint density at radius 3 is 2.08 bits per heavy atom. The number of aliphatic carboxylic acids is 2. The number of nitrogens with one attached hydrogen (secondary N) is 4. The van der Waals surface area contributed by atoms with Crippen molar-refractivity contribution in [3.63, 3.8) is 0 Å².